The predicted octanol–water partition coefficient (Wildman–Crippen LogP) is 4.67. The smallest absolute Gasteiger partial charge is 0.411 e. The molecule has 0 saturated carbocycles. The molecule has 0 fully saturated rings. The molecule has 29 heavy (non-hydrogen) atoms. The third-order valence-corrected chi connectivity index (χ3v) is 4.67. The number of anilines is 2. The molecule has 1 heterocycles. The summed E-state index contributed by atoms with van der Waals surface area (Å²) in [7, 11) is 3.20. The zero-order valence-electron chi connectivity index (χ0n) is 17.2. The second-order valence-electron chi connectivity index (χ2n) is 6.94. The summed E-state index contributed by atoms with van der Waals surface area (Å²) in [6, 6.07) is 13.6. The zero-order valence-corrected chi connectivity index (χ0v) is 17.2. The second-order valence-corrected chi connectivity index (χ2v) is 6.94. The maximum atomic E-state index is 12.0. The molecule has 0 atom stereocenters. The minimum atomic E-state index is -0.527. The van der Waals surface area contributed by atoms with Crippen molar-refractivity contribution in [2.45, 2.75) is 19.9 Å². The average molecular weight is 397 g/mol. The van der Waals surface area contributed by atoms with Gasteiger partial charge < -0.3 is 24.5 Å². The van der Waals surface area contributed by atoms with Crippen LogP contribution in [0, 0.1) is 0 Å². The molecular weight excluding hydrogens is 370 g/mol. The van der Waals surface area contributed by atoms with E-state index in [-0.39, 0.29) is 12.6 Å². The van der Waals surface area contributed by atoms with Gasteiger partial charge in [0.15, 0.2) is 0 Å². The van der Waals surface area contributed by atoms with Gasteiger partial charge in [0, 0.05) is 35.9 Å². The van der Waals surface area contributed by atoms with Crippen LogP contribution in [-0.4, -0.2) is 38.1 Å². The number of nitrogen functional groups attached to an aromatic ring is 1. The zero-order chi connectivity index (χ0) is 21.0. The Bertz CT molecular complexity index is 1010. The number of fused-ring (bicyclic) bond motifs is 1. The molecule has 0 aliphatic carbocycles. The molecule has 0 unspecified atom stereocenters. The Morgan fingerprint density at radius 2 is 1.93 bits per heavy atom. The molecule has 1 aromatic heterocycles. The Balaban J connectivity index is 2.01. The molecule has 0 radical (unpaired) electrons. The summed E-state index contributed by atoms with van der Waals surface area (Å²) < 4.78 is 17.5. The minimum absolute atomic E-state index is 0.174. The number of nitrogens with two attached hydrogens (primary N) is 1. The first-order valence-electron chi connectivity index (χ1n) is 9.46. The molecule has 2 aromatic carbocycles. The normalized spacial score (nSPS) is 11.1. The number of amides is 1. The van der Waals surface area contributed by atoms with Gasteiger partial charge in [-0.2, -0.15) is 0 Å². The molecule has 154 valence electrons. The highest BCUT2D eigenvalue weighted by Crippen LogP contribution is 2.40. The van der Waals surface area contributed by atoms with E-state index in [0.717, 1.165) is 27.9 Å². The monoisotopic (exact) mass is 397 g/mol. The molecule has 7 heteroatoms. The van der Waals surface area contributed by atoms with Crippen molar-refractivity contribution in [2.75, 3.05) is 38.5 Å². The predicted molar refractivity (Wildman–Crippen MR) is 116 cm³/mol. The van der Waals surface area contributed by atoms with E-state index in [1.54, 1.807) is 14.2 Å². The summed E-state index contributed by atoms with van der Waals surface area (Å²) in [6.45, 7) is 4.76. The maximum absolute atomic E-state index is 12.0. The van der Waals surface area contributed by atoms with Crippen LogP contribution in [0.15, 0.2) is 42.5 Å². The van der Waals surface area contributed by atoms with E-state index >= 15 is 0 Å². The standard InChI is InChI=1S/C22H27N3O4/c1-14(2)25-19-13-17(28-4)8-9-18(19)20(23)21(25)15-6-5-7-16(12-15)24-22(26)29-11-10-27-3/h5-9,12-14H,10-11,23H2,1-4H3,(H,24,26). The molecule has 0 bridgehead atoms. The van der Waals surface area contributed by atoms with Crippen LogP contribution in [0.1, 0.15) is 19.9 Å². The fourth-order valence-corrected chi connectivity index (χ4v) is 3.39. The fourth-order valence-electron chi connectivity index (χ4n) is 3.39. The number of hydrogen-bond donors (Lipinski definition) is 2. The summed E-state index contributed by atoms with van der Waals surface area (Å²) in [5.41, 5.74) is 10.7. The van der Waals surface area contributed by atoms with Gasteiger partial charge in [0.2, 0.25) is 0 Å². The molecule has 3 N–H and O–H groups in total. The Morgan fingerprint density at radius 1 is 1.14 bits per heavy atom. The van der Waals surface area contributed by atoms with Crippen molar-refractivity contribution >= 4 is 28.4 Å². The number of hydrogen-bond acceptors (Lipinski definition) is 5. The third kappa shape index (κ3) is 4.30. The van der Waals surface area contributed by atoms with E-state index < -0.39 is 6.09 Å². The van der Waals surface area contributed by atoms with Gasteiger partial charge in [-0.25, -0.2) is 4.79 Å². The van der Waals surface area contributed by atoms with E-state index in [9.17, 15) is 4.79 Å². The molecule has 0 saturated heterocycles. The lowest BCUT2D eigenvalue weighted by atomic mass is 10.1. The summed E-state index contributed by atoms with van der Waals surface area (Å²) in [5.74, 6) is 0.776. The molecular formula is C22H27N3O4. The first-order chi connectivity index (χ1) is 14.0. The molecule has 3 rings (SSSR count). The van der Waals surface area contributed by atoms with Gasteiger partial charge >= 0.3 is 6.09 Å². The maximum Gasteiger partial charge on any atom is 0.411 e. The highest BCUT2D eigenvalue weighted by Gasteiger charge is 2.19. The number of ether oxygens (including phenoxy) is 3. The number of carbonyl (C=O) groups is 1. The van der Waals surface area contributed by atoms with Gasteiger partial charge in [0.05, 0.1) is 30.6 Å². The SMILES string of the molecule is COCCOC(=O)Nc1cccc(-c2c(N)c3ccc(OC)cc3n2C(C)C)c1. The van der Waals surface area contributed by atoms with Crippen LogP contribution in [0.25, 0.3) is 22.2 Å². The quantitative estimate of drug-likeness (QED) is 0.566. The van der Waals surface area contributed by atoms with E-state index in [0.29, 0.717) is 18.0 Å². The van der Waals surface area contributed by atoms with Crippen molar-refractivity contribution in [3.63, 3.8) is 0 Å². The summed E-state index contributed by atoms with van der Waals surface area (Å²) in [4.78, 5) is 12.0. The van der Waals surface area contributed by atoms with Crippen LogP contribution in [0.2, 0.25) is 0 Å². The van der Waals surface area contributed by atoms with Crippen LogP contribution >= 0.6 is 0 Å². The second kappa shape index (κ2) is 8.87. The van der Waals surface area contributed by atoms with Gasteiger partial charge in [-0.1, -0.05) is 12.1 Å². The Labute approximate surface area is 170 Å². The molecule has 0 aliphatic heterocycles. The number of nitrogens with one attached hydrogen (secondary N) is 1. The number of methoxy groups -OCH3 is 2. The van der Waals surface area contributed by atoms with Crippen LogP contribution in [0.4, 0.5) is 16.2 Å². The fraction of sp³-hybridized carbons (Fsp3) is 0.318. The highest BCUT2D eigenvalue weighted by molar-refractivity contribution is 6.02. The number of benzene rings is 2. The number of aromatic nitrogens is 1. The lowest BCUT2D eigenvalue weighted by molar-refractivity contribution is 0.107. The first-order valence-corrected chi connectivity index (χ1v) is 9.46. The first kappa shape index (κ1) is 20.5. The van der Waals surface area contributed by atoms with Crippen molar-refractivity contribution in [1.82, 2.24) is 4.57 Å². The molecule has 7 nitrogen and oxygen atoms in total. The lowest BCUT2D eigenvalue weighted by Gasteiger charge is -2.16. The average Bonchev–Trinajstić information content (AvgIpc) is 3.00. The summed E-state index contributed by atoms with van der Waals surface area (Å²) >= 11 is 0. The summed E-state index contributed by atoms with van der Waals surface area (Å²) in [5, 5.41) is 3.71. The Hall–Kier alpha value is -3.19. The van der Waals surface area contributed by atoms with Crippen molar-refractivity contribution in [3.05, 3.63) is 42.5 Å². The van der Waals surface area contributed by atoms with Gasteiger partial charge in [0.25, 0.3) is 0 Å². The molecule has 1 amide bonds. The van der Waals surface area contributed by atoms with Gasteiger partial charge in [-0.05, 0) is 38.1 Å². The topological polar surface area (TPSA) is 87.7 Å². The number of nitrogens with zero attached hydrogens (tertiary/aromatic N) is 1. The van der Waals surface area contributed by atoms with E-state index in [2.05, 4.69) is 23.7 Å². The van der Waals surface area contributed by atoms with E-state index in [1.165, 1.54) is 0 Å². The molecule has 0 spiro atoms. The Morgan fingerprint density at radius 3 is 2.62 bits per heavy atom. The highest BCUT2D eigenvalue weighted by atomic mass is 16.6. The van der Waals surface area contributed by atoms with Crippen LogP contribution in [0.3, 0.4) is 0 Å². The minimum Gasteiger partial charge on any atom is -0.497 e. The third-order valence-electron chi connectivity index (χ3n) is 4.67. The Kier molecular flexibility index (Phi) is 6.29. The number of carbonyl (C=O) groups excluding carboxylic acids is 1. The molecule has 3 aromatic rings. The van der Waals surface area contributed by atoms with Gasteiger partial charge in [-0.15, -0.1) is 0 Å². The van der Waals surface area contributed by atoms with Crippen molar-refractivity contribution in [1.29, 1.82) is 0 Å². The van der Waals surface area contributed by atoms with Crippen LogP contribution < -0.4 is 15.8 Å². The lowest BCUT2D eigenvalue weighted by Crippen LogP contribution is -2.16. The summed E-state index contributed by atoms with van der Waals surface area (Å²) in [6.07, 6.45) is -0.527. The van der Waals surface area contributed by atoms with Crippen molar-refractivity contribution in [2.24, 2.45) is 0 Å². The van der Waals surface area contributed by atoms with E-state index in [4.69, 9.17) is 19.9 Å². The van der Waals surface area contributed by atoms with Crippen LogP contribution in [-0.2, 0) is 9.47 Å². The largest absolute Gasteiger partial charge is 0.497 e. The van der Waals surface area contributed by atoms with Gasteiger partial charge in [0.1, 0.15) is 12.4 Å². The van der Waals surface area contributed by atoms with Crippen molar-refractivity contribution in [3.8, 4) is 17.0 Å². The molecule has 0 aliphatic rings. The number of rotatable bonds is 7. The van der Waals surface area contributed by atoms with E-state index in [1.807, 2.05) is 42.5 Å². The van der Waals surface area contributed by atoms with Crippen molar-refractivity contribution < 1.29 is 19.0 Å². The van der Waals surface area contributed by atoms with Crippen LogP contribution in [0.5, 0.6) is 5.75 Å². The van der Waals surface area contributed by atoms with Gasteiger partial charge in [-0.3, -0.25) is 5.32 Å².